The molecule has 0 aliphatic rings. The monoisotopic (exact) mass is 278 g/mol. The molecule has 2 rings (SSSR count). The van der Waals surface area contributed by atoms with Crippen LogP contribution in [0.25, 0.3) is 11.3 Å². The van der Waals surface area contributed by atoms with Gasteiger partial charge in [0, 0.05) is 17.5 Å². The number of thiazole rings is 1. The normalized spacial score (nSPS) is 10.5. The molecule has 0 aliphatic carbocycles. The molecule has 1 N–H and O–H groups in total. The van der Waals surface area contributed by atoms with E-state index in [2.05, 4.69) is 10.3 Å². The summed E-state index contributed by atoms with van der Waals surface area (Å²) in [5, 5.41) is 6.20. The zero-order valence-corrected chi connectivity index (χ0v) is 12.4. The minimum atomic E-state index is 0.774. The lowest BCUT2D eigenvalue weighted by molar-refractivity contribution is 0.401. The molecule has 2 aromatic rings. The number of benzene rings is 1. The average molecular weight is 278 g/mol. The largest absolute Gasteiger partial charge is 0.496 e. The van der Waals surface area contributed by atoms with Gasteiger partial charge in [-0.15, -0.1) is 11.3 Å². The highest BCUT2D eigenvalue weighted by molar-refractivity contribution is 7.09. The van der Waals surface area contributed by atoms with E-state index in [0.29, 0.717) is 0 Å². The lowest BCUT2D eigenvalue weighted by atomic mass is 10.1. The van der Waals surface area contributed by atoms with Crippen LogP contribution in [0.5, 0.6) is 11.5 Å². The molecule has 0 radical (unpaired) electrons. The van der Waals surface area contributed by atoms with Crippen LogP contribution in [-0.4, -0.2) is 26.3 Å². The topological polar surface area (TPSA) is 43.4 Å². The fourth-order valence-corrected chi connectivity index (χ4v) is 2.72. The first kappa shape index (κ1) is 13.8. The van der Waals surface area contributed by atoms with Crippen LogP contribution in [0.3, 0.4) is 0 Å². The van der Waals surface area contributed by atoms with E-state index < -0.39 is 0 Å². The summed E-state index contributed by atoms with van der Waals surface area (Å²) < 4.78 is 10.8. The summed E-state index contributed by atoms with van der Waals surface area (Å²) in [7, 11) is 5.26. The van der Waals surface area contributed by atoms with E-state index in [0.717, 1.165) is 39.9 Å². The van der Waals surface area contributed by atoms with E-state index in [1.807, 2.05) is 31.5 Å². The zero-order chi connectivity index (χ0) is 13.8. The summed E-state index contributed by atoms with van der Waals surface area (Å²) >= 11 is 1.64. The number of aromatic nitrogens is 1. The Morgan fingerprint density at radius 2 is 1.95 bits per heavy atom. The van der Waals surface area contributed by atoms with Gasteiger partial charge in [0.15, 0.2) is 0 Å². The molecule has 0 atom stereocenters. The summed E-state index contributed by atoms with van der Waals surface area (Å²) in [5.74, 6) is 1.67. The van der Waals surface area contributed by atoms with Crippen molar-refractivity contribution in [3.8, 4) is 22.8 Å². The van der Waals surface area contributed by atoms with Crippen molar-refractivity contribution in [1.29, 1.82) is 0 Å². The molecule has 0 spiro atoms. The second-order valence-electron chi connectivity index (χ2n) is 4.18. The molecule has 102 valence electrons. The highest BCUT2D eigenvalue weighted by Gasteiger charge is 2.13. The molecular formula is C14H18N2O2S. The number of nitrogens with zero attached hydrogens (tertiary/aromatic N) is 1. The van der Waals surface area contributed by atoms with Crippen LogP contribution in [-0.2, 0) is 6.54 Å². The number of hydrogen-bond acceptors (Lipinski definition) is 5. The average Bonchev–Trinajstić information content (AvgIpc) is 2.87. The number of rotatable bonds is 5. The van der Waals surface area contributed by atoms with Gasteiger partial charge in [-0.2, -0.15) is 0 Å². The van der Waals surface area contributed by atoms with Crippen LogP contribution >= 0.6 is 11.3 Å². The van der Waals surface area contributed by atoms with E-state index in [1.165, 1.54) is 0 Å². The van der Waals surface area contributed by atoms with Gasteiger partial charge in [0.25, 0.3) is 0 Å². The van der Waals surface area contributed by atoms with Crippen LogP contribution in [0, 0.1) is 6.92 Å². The molecule has 19 heavy (non-hydrogen) atoms. The van der Waals surface area contributed by atoms with E-state index in [4.69, 9.17) is 9.47 Å². The van der Waals surface area contributed by atoms with Crippen LogP contribution in [0.1, 0.15) is 10.6 Å². The number of aryl methyl sites for hydroxylation is 1. The molecule has 0 unspecified atom stereocenters. The van der Waals surface area contributed by atoms with Gasteiger partial charge in [0.05, 0.1) is 19.9 Å². The van der Waals surface area contributed by atoms with Crippen molar-refractivity contribution < 1.29 is 9.47 Å². The Morgan fingerprint density at radius 3 is 2.58 bits per heavy atom. The van der Waals surface area contributed by atoms with Crippen molar-refractivity contribution in [2.75, 3.05) is 21.3 Å². The van der Waals surface area contributed by atoms with Gasteiger partial charge >= 0.3 is 0 Å². The second-order valence-corrected chi connectivity index (χ2v) is 5.12. The van der Waals surface area contributed by atoms with Crippen molar-refractivity contribution in [3.05, 3.63) is 28.1 Å². The van der Waals surface area contributed by atoms with Gasteiger partial charge < -0.3 is 14.8 Å². The van der Waals surface area contributed by atoms with E-state index in [1.54, 1.807) is 25.6 Å². The molecule has 0 aliphatic heterocycles. The van der Waals surface area contributed by atoms with Gasteiger partial charge in [-0.05, 0) is 31.7 Å². The molecule has 0 bridgehead atoms. The summed E-state index contributed by atoms with van der Waals surface area (Å²) in [5.41, 5.74) is 2.93. The molecule has 0 saturated heterocycles. The van der Waals surface area contributed by atoms with Gasteiger partial charge in [0.2, 0.25) is 0 Å². The van der Waals surface area contributed by atoms with E-state index >= 15 is 0 Å². The van der Waals surface area contributed by atoms with Crippen molar-refractivity contribution in [2.24, 2.45) is 0 Å². The highest BCUT2D eigenvalue weighted by Crippen LogP contribution is 2.36. The first-order chi connectivity index (χ1) is 9.19. The summed E-state index contributed by atoms with van der Waals surface area (Å²) in [4.78, 5) is 4.60. The van der Waals surface area contributed by atoms with Gasteiger partial charge in [-0.3, -0.25) is 0 Å². The predicted molar refractivity (Wildman–Crippen MR) is 78.2 cm³/mol. The Kier molecular flexibility index (Phi) is 4.39. The minimum absolute atomic E-state index is 0.774. The Morgan fingerprint density at radius 1 is 1.21 bits per heavy atom. The van der Waals surface area contributed by atoms with Crippen molar-refractivity contribution >= 4 is 11.3 Å². The third-order valence-electron chi connectivity index (χ3n) is 2.87. The quantitative estimate of drug-likeness (QED) is 0.913. The fourth-order valence-electron chi connectivity index (χ4n) is 1.92. The maximum absolute atomic E-state index is 5.44. The third kappa shape index (κ3) is 2.88. The van der Waals surface area contributed by atoms with Crippen LogP contribution < -0.4 is 14.8 Å². The molecule has 0 amide bonds. The van der Waals surface area contributed by atoms with Gasteiger partial charge in [-0.1, -0.05) is 0 Å². The van der Waals surface area contributed by atoms with Crippen LogP contribution in [0.2, 0.25) is 0 Å². The van der Waals surface area contributed by atoms with Crippen molar-refractivity contribution in [3.63, 3.8) is 0 Å². The molecule has 5 heteroatoms. The Hall–Kier alpha value is -1.59. The number of ether oxygens (including phenoxy) is 2. The second kappa shape index (κ2) is 6.04. The van der Waals surface area contributed by atoms with E-state index in [-0.39, 0.29) is 0 Å². The van der Waals surface area contributed by atoms with Gasteiger partial charge in [-0.25, -0.2) is 4.98 Å². The Labute approximate surface area is 117 Å². The number of methoxy groups -OCH3 is 2. The van der Waals surface area contributed by atoms with Crippen molar-refractivity contribution in [2.45, 2.75) is 13.5 Å². The third-order valence-corrected chi connectivity index (χ3v) is 3.72. The molecule has 1 aromatic carbocycles. The van der Waals surface area contributed by atoms with Crippen LogP contribution in [0.4, 0.5) is 0 Å². The molecule has 0 fully saturated rings. The molecule has 0 saturated carbocycles. The minimum Gasteiger partial charge on any atom is -0.496 e. The fraction of sp³-hybridized carbons (Fsp3) is 0.357. The number of nitrogens with one attached hydrogen (secondary N) is 1. The lowest BCUT2D eigenvalue weighted by Gasteiger charge is -2.11. The number of hydrogen-bond donors (Lipinski definition) is 1. The van der Waals surface area contributed by atoms with Crippen molar-refractivity contribution in [1.82, 2.24) is 10.3 Å². The standard InChI is InChI=1S/C14H18N2O2S/c1-9-5-13(18-4)10(6-12(9)17-3)11-8-19-14(16-11)7-15-2/h5-6,8,15H,7H2,1-4H3. The first-order valence-electron chi connectivity index (χ1n) is 6.01. The Bertz CT molecular complexity index is 567. The van der Waals surface area contributed by atoms with Gasteiger partial charge in [0.1, 0.15) is 16.5 Å². The Balaban J connectivity index is 2.46. The maximum atomic E-state index is 5.44. The molecule has 1 aromatic heterocycles. The predicted octanol–water partition coefficient (Wildman–Crippen LogP) is 2.86. The maximum Gasteiger partial charge on any atom is 0.128 e. The SMILES string of the molecule is CNCc1nc(-c2cc(OC)c(C)cc2OC)cs1. The molecule has 4 nitrogen and oxygen atoms in total. The lowest BCUT2D eigenvalue weighted by Crippen LogP contribution is -2.04. The molecule has 1 heterocycles. The molecular weight excluding hydrogens is 260 g/mol. The zero-order valence-electron chi connectivity index (χ0n) is 11.6. The summed E-state index contributed by atoms with van der Waals surface area (Å²) in [6, 6.07) is 3.96. The van der Waals surface area contributed by atoms with Crippen LogP contribution in [0.15, 0.2) is 17.5 Å². The summed E-state index contributed by atoms with van der Waals surface area (Å²) in [6.45, 7) is 2.77. The highest BCUT2D eigenvalue weighted by atomic mass is 32.1. The van der Waals surface area contributed by atoms with E-state index in [9.17, 15) is 0 Å². The summed E-state index contributed by atoms with van der Waals surface area (Å²) in [6.07, 6.45) is 0. The first-order valence-corrected chi connectivity index (χ1v) is 6.89. The smallest absolute Gasteiger partial charge is 0.128 e.